The van der Waals surface area contributed by atoms with E-state index in [-0.39, 0.29) is 12.0 Å². The Balaban J connectivity index is 1.65. The standard InChI is InChI=1S/C21H21N3O2S/c1-15(2)26-19-8-4-7-18(12-19)24-21(25)17-6-3-5-16(11-17)14-27-20-13-22-9-10-23-20/h3-13,15H,14H2,1-2H3,(H,24,25). The highest BCUT2D eigenvalue weighted by Gasteiger charge is 2.08. The second-order valence-corrected chi connectivity index (χ2v) is 7.18. The molecule has 1 heterocycles. The van der Waals surface area contributed by atoms with Crippen molar-refractivity contribution in [3.63, 3.8) is 0 Å². The van der Waals surface area contributed by atoms with Crippen LogP contribution in [0.5, 0.6) is 5.75 Å². The molecule has 5 nitrogen and oxygen atoms in total. The zero-order valence-electron chi connectivity index (χ0n) is 15.3. The summed E-state index contributed by atoms with van der Waals surface area (Å²) in [7, 11) is 0. The molecule has 0 fully saturated rings. The van der Waals surface area contributed by atoms with Crippen molar-refractivity contribution in [1.82, 2.24) is 9.97 Å². The van der Waals surface area contributed by atoms with Crippen molar-refractivity contribution in [2.45, 2.75) is 30.7 Å². The molecule has 1 N–H and O–H groups in total. The fraction of sp³-hybridized carbons (Fsp3) is 0.190. The second kappa shape index (κ2) is 9.19. The minimum absolute atomic E-state index is 0.0828. The van der Waals surface area contributed by atoms with Gasteiger partial charge in [0.05, 0.1) is 12.3 Å². The number of benzene rings is 2. The van der Waals surface area contributed by atoms with Crippen molar-refractivity contribution < 1.29 is 9.53 Å². The maximum absolute atomic E-state index is 12.6. The van der Waals surface area contributed by atoms with E-state index in [1.807, 2.05) is 56.3 Å². The Hall–Kier alpha value is -2.86. The van der Waals surface area contributed by atoms with Crippen LogP contribution in [-0.4, -0.2) is 22.0 Å². The predicted octanol–water partition coefficient (Wildman–Crippen LogP) is 4.81. The Kier molecular flexibility index (Phi) is 6.44. The number of carbonyl (C=O) groups excluding carboxylic acids is 1. The summed E-state index contributed by atoms with van der Waals surface area (Å²) >= 11 is 1.58. The first kappa shape index (κ1) is 18.9. The van der Waals surface area contributed by atoms with E-state index in [2.05, 4.69) is 15.3 Å². The Morgan fingerprint density at radius 3 is 2.78 bits per heavy atom. The lowest BCUT2D eigenvalue weighted by molar-refractivity contribution is 0.102. The van der Waals surface area contributed by atoms with Crippen molar-refractivity contribution in [3.05, 3.63) is 78.2 Å². The van der Waals surface area contributed by atoms with Crippen LogP contribution in [0.25, 0.3) is 0 Å². The number of nitrogens with zero attached hydrogens (tertiary/aromatic N) is 2. The Morgan fingerprint density at radius 1 is 1.15 bits per heavy atom. The Labute approximate surface area is 163 Å². The smallest absolute Gasteiger partial charge is 0.255 e. The van der Waals surface area contributed by atoms with Gasteiger partial charge in [-0.3, -0.25) is 9.78 Å². The van der Waals surface area contributed by atoms with Gasteiger partial charge in [-0.1, -0.05) is 18.2 Å². The predicted molar refractivity (Wildman–Crippen MR) is 108 cm³/mol. The Morgan fingerprint density at radius 2 is 2.00 bits per heavy atom. The molecule has 3 aromatic rings. The van der Waals surface area contributed by atoms with Crippen LogP contribution in [0, 0.1) is 0 Å². The zero-order chi connectivity index (χ0) is 19.1. The summed E-state index contributed by atoms with van der Waals surface area (Å²) in [6.07, 6.45) is 5.13. The van der Waals surface area contributed by atoms with Gasteiger partial charge in [0.15, 0.2) is 0 Å². The zero-order valence-corrected chi connectivity index (χ0v) is 16.1. The highest BCUT2D eigenvalue weighted by atomic mass is 32.2. The van der Waals surface area contributed by atoms with E-state index < -0.39 is 0 Å². The van der Waals surface area contributed by atoms with Crippen molar-refractivity contribution in [3.8, 4) is 5.75 Å². The molecule has 27 heavy (non-hydrogen) atoms. The molecule has 0 radical (unpaired) electrons. The third-order valence-electron chi connectivity index (χ3n) is 3.58. The van der Waals surface area contributed by atoms with Crippen LogP contribution in [0.3, 0.4) is 0 Å². The molecule has 0 aliphatic heterocycles. The van der Waals surface area contributed by atoms with Crippen LogP contribution in [0.4, 0.5) is 5.69 Å². The first-order valence-electron chi connectivity index (χ1n) is 8.66. The molecule has 0 saturated heterocycles. The minimum Gasteiger partial charge on any atom is -0.491 e. The molecule has 0 aliphatic rings. The van der Waals surface area contributed by atoms with Gasteiger partial charge >= 0.3 is 0 Å². The fourth-order valence-corrected chi connectivity index (χ4v) is 3.21. The summed E-state index contributed by atoms with van der Waals surface area (Å²) < 4.78 is 5.67. The monoisotopic (exact) mass is 379 g/mol. The van der Waals surface area contributed by atoms with E-state index >= 15 is 0 Å². The molecule has 2 aromatic carbocycles. The number of nitrogens with one attached hydrogen (secondary N) is 1. The van der Waals surface area contributed by atoms with E-state index in [0.717, 1.165) is 22.1 Å². The quantitative estimate of drug-likeness (QED) is 0.597. The second-order valence-electron chi connectivity index (χ2n) is 6.18. The number of ether oxygens (including phenoxy) is 1. The van der Waals surface area contributed by atoms with E-state index in [4.69, 9.17) is 4.74 Å². The molecular weight excluding hydrogens is 358 g/mol. The van der Waals surface area contributed by atoms with Gasteiger partial charge in [0.1, 0.15) is 10.8 Å². The number of hydrogen-bond acceptors (Lipinski definition) is 5. The van der Waals surface area contributed by atoms with Gasteiger partial charge in [0.25, 0.3) is 5.91 Å². The molecule has 1 aromatic heterocycles. The fourth-order valence-electron chi connectivity index (χ4n) is 2.44. The van der Waals surface area contributed by atoms with Crippen LogP contribution < -0.4 is 10.1 Å². The molecule has 0 bridgehead atoms. The van der Waals surface area contributed by atoms with Crippen LogP contribution in [0.15, 0.2) is 72.1 Å². The highest BCUT2D eigenvalue weighted by molar-refractivity contribution is 7.98. The first-order valence-corrected chi connectivity index (χ1v) is 9.64. The summed E-state index contributed by atoms with van der Waals surface area (Å²) in [5, 5.41) is 3.78. The lowest BCUT2D eigenvalue weighted by Gasteiger charge is -2.12. The van der Waals surface area contributed by atoms with Gasteiger partial charge in [-0.2, -0.15) is 0 Å². The summed E-state index contributed by atoms with van der Waals surface area (Å²) in [6, 6.07) is 15.0. The highest BCUT2D eigenvalue weighted by Crippen LogP contribution is 2.22. The van der Waals surface area contributed by atoms with Gasteiger partial charge in [0.2, 0.25) is 0 Å². The third kappa shape index (κ3) is 5.82. The number of amides is 1. The molecule has 0 aliphatic carbocycles. The molecule has 0 atom stereocenters. The molecule has 0 spiro atoms. The molecule has 0 saturated carbocycles. The summed E-state index contributed by atoms with van der Waals surface area (Å²) in [5.74, 6) is 1.30. The van der Waals surface area contributed by atoms with Gasteiger partial charge in [-0.25, -0.2) is 4.98 Å². The first-order chi connectivity index (χ1) is 13.1. The van der Waals surface area contributed by atoms with Gasteiger partial charge in [0, 0.05) is 35.5 Å². The van der Waals surface area contributed by atoms with Crippen molar-refractivity contribution in [2.24, 2.45) is 0 Å². The van der Waals surface area contributed by atoms with Gasteiger partial charge < -0.3 is 10.1 Å². The van der Waals surface area contributed by atoms with Gasteiger partial charge in [-0.05, 0) is 43.7 Å². The number of hydrogen-bond donors (Lipinski definition) is 1. The number of rotatable bonds is 7. The molecular formula is C21H21N3O2S. The summed E-state index contributed by atoms with van der Waals surface area (Å²) in [6.45, 7) is 3.94. The lowest BCUT2D eigenvalue weighted by Crippen LogP contribution is -2.12. The van der Waals surface area contributed by atoms with E-state index in [0.29, 0.717) is 11.3 Å². The topological polar surface area (TPSA) is 64.1 Å². The van der Waals surface area contributed by atoms with Crippen molar-refractivity contribution in [1.29, 1.82) is 0 Å². The number of aromatic nitrogens is 2. The van der Waals surface area contributed by atoms with Crippen molar-refractivity contribution in [2.75, 3.05) is 5.32 Å². The average Bonchev–Trinajstić information content (AvgIpc) is 2.67. The normalized spacial score (nSPS) is 10.6. The molecule has 6 heteroatoms. The van der Waals surface area contributed by atoms with Crippen LogP contribution in [0.2, 0.25) is 0 Å². The lowest BCUT2D eigenvalue weighted by atomic mass is 10.1. The average molecular weight is 379 g/mol. The maximum atomic E-state index is 12.6. The molecule has 3 rings (SSSR count). The Bertz CT molecular complexity index is 901. The molecule has 138 valence electrons. The third-order valence-corrected chi connectivity index (χ3v) is 4.56. The van der Waals surface area contributed by atoms with E-state index in [1.165, 1.54) is 0 Å². The SMILES string of the molecule is CC(C)Oc1cccc(NC(=O)c2cccc(CSc3cnccn3)c2)c1. The molecule has 0 unspecified atom stereocenters. The number of anilines is 1. The van der Waals surface area contributed by atoms with Gasteiger partial charge in [-0.15, -0.1) is 11.8 Å². The van der Waals surface area contributed by atoms with E-state index in [1.54, 1.807) is 36.4 Å². The largest absolute Gasteiger partial charge is 0.491 e. The van der Waals surface area contributed by atoms with Crippen LogP contribution in [0.1, 0.15) is 29.8 Å². The maximum Gasteiger partial charge on any atom is 0.255 e. The van der Waals surface area contributed by atoms with Crippen LogP contribution in [-0.2, 0) is 5.75 Å². The molecule has 1 amide bonds. The van der Waals surface area contributed by atoms with Crippen molar-refractivity contribution >= 4 is 23.4 Å². The van der Waals surface area contributed by atoms with E-state index in [9.17, 15) is 4.79 Å². The summed E-state index contributed by atoms with van der Waals surface area (Å²) in [5.41, 5.74) is 2.37. The summed E-state index contributed by atoms with van der Waals surface area (Å²) in [4.78, 5) is 20.9. The van der Waals surface area contributed by atoms with Crippen LogP contribution >= 0.6 is 11.8 Å². The minimum atomic E-state index is -0.150. The number of thioether (sulfide) groups is 1. The number of carbonyl (C=O) groups is 1.